The van der Waals surface area contributed by atoms with Crippen LogP contribution in [0.1, 0.15) is 18.0 Å². The smallest absolute Gasteiger partial charge is 0.239 e. The summed E-state index contributed by atoms with van der Waals surface area (Å²) in [6.45, 7) is -0.272. The zero-order valence-electron chi connectivity index (χ0n) is 11.2. The van der Waals surface area contributed by atoms with Crippen LogP contribution in [-0.4, -0.2) is 30.7 Å². The normalized spacial score (nSPS) is 16.4. The van der Waals surface area contributed by atoms with Crippen molar-refractivity contribution in [3.63, 3.8) is 0 Å². The molecule has 0 saturated carbocycles. The van der Waals surface area contributed by atoms with E-state index < -0.39 is 0 Å². The second-order valence-corrected chi connectivity index (χ2v) is 5.50. The number of nitrogens with two attached hydrogens (primary N) is 1. The van der Waals surface area contributed by atoms with E-state index in [2.05, 4.69) is 10.6 Å². The lowest BCUT2D eigenvalue weighted by atomic mass is 10.0. The van der Waals surface area contributed by atoms with Gasteiger partial charge in [0.25, 0.3) is 0 Å². The van der Waals surface area contributed by atoms with Gasteiger partial charge < -0.3 is 16.4 Å². The summed E-state index contributed by atoms with van der Waals surface area (Å²) in [6.07, 6.45) is 0.734. The lowest BCUT2D eigenvalue weighted by Gasteiger charge is -2.26. The maximum atomic E-state index is 13.7. The third kappa shape index (κ3) is 4.59. The van der Waals surface area contributed by atoms with Gasteiger partial charge in [0.15, 0.2) is 0 Å². The number of hydrogen-bond donors (Lipinski definition) is 3. The maximum absolute atomic E-state index is 13.7. The molecule has 0 saturated heterocycles. The topological polar surface area (TPSA) is 84.2 Å². The van der Waals surface area contributed by atoms with Gasteiger partial charge in [-0.2, -0.15) is 0 Å². The van der Waals surface area contributed by atoms with Gasteiger partial charge in [-0.05, 0) is 18.1 Å². The molecule has 0 spiro atoms. The van der Waals surface area contributed by atoms with Gasteiger partial charge in [-0.1, -0.05) is 12.1 Å². The molecule has 5 nitrogen and oxygen atoms in total. The second-order valence-electron chi connectivity index (χ2n) is 4.40. The van der Waals surface area contributed by atoms with Gasteiger partial charge in [0.2, 0.25) is 11.8 Å². The van der Waals surface area contributed by atoms with Gasteiger partial charge in [-0.15, -0.1) is 24.2 Å². The molecule has 1 atom stereocenters. The fourth-order valence-electron chi connectivity index (χ4n) is 2.03. The highest BCUT2D eigenvalue weighted by Crippen LogP contribution is 2.37. The van der Waals surface area contributed by atoms with Crippen LogP contribution in [0, 0.1) is 5.82 Å². The number of halogens is 2. The van der Waals surface area contributed by atoms with E-state index >= 15 is 0 Å². The Balaban J connectivity index is 0.00000220. The predicted molar refractivity (Wildman–Crippen MR) is 81.9 cm³/mol. The minimum Gasteiger partial charge on any atom is -0.348 e. The Morgan fingerprint density at radius 1 is 1.38 bits per heavy atom. The lowest BCUT2D eigenvalue weighted by Crippen LogP contribution is -2.41. The van der Waals surface area contributed by atoms with Crippen molar-refractivity contribution < 1.29 is 14.0 Å². The molecule has 4 N–H and O–H groups in total. The molecule has 1 unspecified atom stereocenters. The predicted octanol–water partition coefficient (Wildman–Crippen LogP) is 0.975. The van der Waals surface area contributed by atoms with Crippen LogP contribution in [0.25, 0.3) is 0 Å². The average Bonchev–Trinajstić information content (AvgIpc) is 2.46. The molecule has 1 aromatic rings. The van der Waals surface area contributed by atoms with Gasteiger partial charge in [0.1, 0.15) is 5.82 Å². The summed E-state index contributed by atoms with van der Waals surface area (Å²) >= 11 is 1.46. The quantitative estimate of drug-likeness (QED) is 0.766. The van der Waals surface area contributed by atoms with E-state index in [9.17, 15) is 14.0 Å². The third-order valence-electron chi connectivity index (χ3n) is 2.99. The van der Waals surface area contributed by atoms with Crippen molar-refractivity contribution in [1.29, 1.82) is 0 Å². The second kappa shape index (κ2) is 8.21. The summed E-state index contributed by atoms with van der Waals surface area (Å²) in [6, 6.07) is 4.64. The first-order valence-electron chi connectivity index (χ1n) is 6.29. The van der Waals surface area contributed by atoms with Gasteiger partial charge in [-0.25, -0.2) is 4.39 Å². The Bertz CT molecular complexity index is 530. The summed E-state index contributed by atoms with van der Waals surface area (Å²) in [7, 11) is 0. The van der Waals surface area contributed by atoms with E-state index in [1.165, 1.54) is 17.8 Å². The van der Waals surface area contributed by atoms with Crippen LogP contribution >= 0.6 is 24.2 Å². The molecule has 2 rings (SSSR count). The monoisotopic (exact) mass is 333 g/mol. The highest BCUT2D eigenvalue weighted by atomic mass is 35.5. The number of carbonyl (C=O) groups is 2. The first-order valence-corrected chi connectivity index (χ1v) is 7.27. The summed E-state index contributed by atoms with van der Waals surface area (Å²) in [5.74, 6) is -0.207. The number of benzene rings is 1. The van der Waals surface area contributed by atoms with Crippen molar-refractivity contribution in [2.24, 2.45) is 5.73 Å². The molecule has 0 aromatic heterocycles. The Kier molecular flexibility index (Phi) is 6.94. The van der Waals surface area contributed by atoms with Gasteiger partial charge in [0, 0.05) is 10.6 Å². The number of hydrogen-bond acceptors (Lipinski definition) is 4. The summed E-state index contributed by atoms with van der Waals surface area (Å²) in [5, 5.41) is 5.21. The fourth-order valence-corrected chi connectivity index (χ4v) is 3.17. The highest BCUT2D eigenvalue weighted by Gasteiger charge is 2.24. The van der Waals surface area contributed by atoms with Crippen LogP contribution in [0.4, 0.5) is 4.39 Å². The van der Waals surface area contributed by atoms with Crippen LogP contribution in [0.2, 0.25) is 0 Å². The molecule has 1 heterocycles. The van der Waals surface area contributed by atoms with Crippen molar-refractivity contribution in [2.45, 2.75) is 17.4 Å². The molecule has 1 aliphatic rings. The highest BCUT2D eigenvalue weighted by molar-refractivity contribution is 7.99. The molecular weight excluding hydrogens is 317 g/mol. The van der Waals surface area contributed by atoms with E-state index in [0.29, 0.717) is 4.90 Å². The van der Waals surface area contributed by atoms with Crippen LogP contribution in [-0.2, 0) is 9.59 Å². The minimum absolute atomic E-state index is 0. The van der Waals surface area contributed by atoms with E-state index in [-0.39, 0.29) is 49.2 Å². The Morgan fingerprint density at radius 3 is 2.86 bits per heavy atom. The molecule has 0 aliphatic carbocycles. The molecule has 0 fully saturated rings. The standard InChI is InChI=1S/C13H16FN3O2S.ClH/c14-9-3-1-2-8-10(4-5-20-13(8)9)17-12(19)7-16-11(18)6-15;/h1-3,10H,4-7,15H2,(H,16,18)(H,17,19);1H. The van der Waals surface area contributed by atoms with E-state index in [1.54, 1.807) is 6.07 Å². The van der Waals surface area contributed by atoms with Crippen LogP contribution in [0.15, 0.2) is 23.1 Å². The van der Waals surface area contributed by atoms with Crippen molar-refractivity contribution in [1.82, 2.24) is 10.6 Å². The van der Waals surface area contributed by atoms with Crippen LogP contribution in [0.3, 0.4) is 0 Å². The zero-order valence-corrected chi connectivity index (χ0v) is 12.9. The Labute approximate surface area is 132 Å². The molecule has 0 radical (unpaired) electrons. The molecular formula is C13H17ClFN3O2S. The molecule has 1 aliphatic heterocycles. The number of fused-ring (bicyclic) bond motifs is 1. The summed E-state index contributed by atoms with van der Waals surface area (Å²) in [5.41, 5.74) is 5.93. The van der Waals surface area contributed by atoms with Gasteiger partial charge in [-0.3, -0.25) is 9.59 Å². The van der Waals surface area contributed by atoms with E-state index in [1.807, 2.05) is 6.07 Å². The Morgan fingerprint density at radius 2 is 2.14 bits per heavy atom. The minimum atomic E-state index is -0.384. The molecule has 1 aromatic carbocycles. The largest absolute Gasteiger partial charge is 0.348 e. The van der Waals surface area contributed by atoms with Crippen molar-refractivity contribution in [3.8, 4) is 0 Å². The molecule has 8 heteroatoms. The molecule has 116 valence electrons. The number of rotatable bonds is 4. The fraction of sp³-hybridized carbons (Fsp3) is 0.385. The lowest BCUT2D eigenvalue weighted by molar-refractivity contribution is -0.125. The number of nitrogens with one attached hydrogen (secondary N) is 2. The van der Waals surface area contributed by atoms with E-state index in [0.717, 1.165) is 17.7 Å². The van der Waals surface area contributed by atoms with Crippen LogP contribution < -0.4 is 16.4 Å². The zero-order chi connectivity index (χ0) is 14.5. The maximum Gasteiger partial charge on any atom is 0.239 e. The first kappa shape index (κ1) is 17.7. The van der Waals surface area contributed by atoms with Gasteiger partial charge in [0.05, 0.1) is 19.1 Å². The number of amides is 2. The van der Waals surface area contributed by atoms with E-state index in [4.69, 9.17) is 5.73 Å². The summed E-state index contributed by atoms with van der Waals surface area (Å²) < 4.78 is 13.7. The molecule has 2 amide bonds. The van der Waals surface area contributed by atoms with Crippen molar-refractivity contribution in [3.05, 3.63) is 29.6 Å². The molecule has 0 bridgehead atoms. The average molecular weight is 334 g/mol. The van der Waals surface area contributed by atoms with Gasteiger partial charge >= 0.3 is 0 Å². The first-order chi connectivity index (χ1) is 9.61. The Hall–Kier alpha value is -1.31. The number of carbonyl (C=O) groups excluding carboxylic acids is 2. The van der Waals surface area contributed by atoms with Crippen LogP contribution in [0.5, 0.6) is 0 Å². The molecule has 21 heavy (non-hydrogen) atoms. The third-order valence-corrected chi connectivity index (χ3v) is 4.15. The van der Waals surface area contributed by atoms with Crippen molar-refractivity contribution in [2.75, 3.05) is 18.8 Å². The summed E-state index contributed by atoms with van der Waals surface area (Å²) in [4.78, 5) is 23.3. The SMILES string of the molecule is Cl.NCC(=O)NCC(=O)NC1CCSc2c(F)cccc21. The number of thioether (sulfide) groups is 1. The van der Waals surface area contributed by atoms with Crippen molar-refractivity contribution >= 4 is 36.0 Å².